The maximum Gasteiger partial charge on any atom is 0.328 e. The van der Waals surface area contributed by atoms with E-state index in [0.717, 1.165) is 6.42 Å². The highest BCUT2D eigenvalue weighted by Crippen LogP contribution is 2.02. The second-order valence-corrected chi connectivity index (χ2v) is 5.34. The summed E-state index contributed by atoms with van der Waals surface area (Å²) in [6.07, 6.45) is 2.30. The first-order valence-corrected chi connectivity index (χ1v) is 7.48. The predicted octanol–water partition coefficient (Wildman–Crippen LogP) is 0.516. The van der Waals surface area contributed by atoms with Crippen LogP contribution in [0.5, 0.6) is 0 Å². The quantitative estimate of drug-likeness (QED) is 0.562. The molecule has 2 atom stereocenters. The highest BCUT2D eigenvalue weighted by atomic mass is 16.5. The molecule has 0 unspecified atom stereocenters. The van der Waals surface area contributed by atoms with Gasteiger partial charge in [0.05, 0.1) is 33.3 Å². The average Bonchev–Trinajstić information content (AvgIpc) is 2.51. The van der Waals surface area contributed by atoms with Crippen LogP contribution < -0.4 is 4.90 Å². The van der Waals surface area contributed by atoms with Gasteiger partial charge in [-0.2, -0.15) is 5.26 Å². The van der Waals surface area contributed by atoms with Gasteiger partial charge in [0.25, 0.3) is 0 Å². The molecule has 0 heterocycles. The number of carbonyl (C=O) groups is 1. The van der Waals surface area contributed by atoms with Crippen LogP contribution >= 0.6 is 0 Å². The molecule has 0 radical (unpaired) electrons. The topological polar surface area (TPSA) is 66.9 Å². The van der Waals surface area contributed by atoms with Gasteiger partial charge in [-0.3, -0.25) is 9.79 Å². The van der Waals surface area contributed by atoms with E-state index in [1.165, 1.54) is 16.7 Å². The lowest BCUT2D eigenvalue weighted by molar-refractivity contribution is -0.883. The van der Waals surface area contributed by atoms with Gasteiger partial charge in [-0.05, 0) is 12.5 Å². The van der Waals surface area contributed by atoms with Gasteiger partial charge < -0.3 is 9.64 Å². The minimum Gasteiger partial charge on any atom is -0.465 e. The monoisotopic (exact) mass is 302 g/mol. The van der Waals surface area contributed by atoms with Gasteiger partial charge in [0.2, 0.25) is 0 Å². The van der Waals surface area contributed by atoms with Crippen LogP contribution in [0.2, 0.25) is 0 Å². The van der Waals surface area contributed by atoms with Gasteiger partial charge in [-0.25, -0.2) is 0 Å². The highest BCUT2D eigenvalue weighted by molar-refractivity contribution is 5.92. The Morgan fingerprint density at radius 2 is 2.09 bits per heavy atom. The van der Waals surface area contributed by atoms with Crippen LogP contribution in [0.1, 0.15) is 12.5 Å². The van der Waals surface area contributed by atoms with Crippen molar-refractivity contribution >= 4 is 12.2 Å². The molecule has 1 rings (SSSR count). The van der Waals surface area contributed by atoms with E-state index in [1.807, 2.05) is 24.3 Å². The lowest BCUT2D eigenvalue weighted by Gasteiger charge is -2.19. The van der Waals surface area contributed by atoms with Crippen molar-refractivity contribution in [3.63, 3.8) is 0 Å². The van der Waals surface area contributed by atoms with Crippen molar-refractivity contribution in [1.82, 2.24) is 0 Å². The van der Waals surface area contributed by atoms with Gasteiger partial charge in [0.1, 0.15) is 6.04 Å². The number of carbonyl (C=O) groups excluding carboxylic acids is 1. The summed E-state index contributed by atoms with van der Waals surface area (Å²) in [6, 6.07) is 12.4. The molecule has 0 aliphatic heterocycles. The first kappa shape index (κ1) is 17.9. The van der Waals surface area contributed by atoms with E-state index in [1.54, 1.807) is 6.92 Å². The van der Waals surface area contributed by atoms with Gasteiger partial charge in [-0.1, -0.05) is 30.3 Å². The summed E-state index contributed by atoms with van der Waals surface area (Å²) in [5.41, 5.74) is 1.26. The number of nitrogens with one attached hydrogen (secondary N) is 1. The molecule has 0 aliphatic carbocycles. The standard InChI is InChI=1S/C17H23N3O2/c1-4-22-17(21)15(11-18)12-19-13-16(20(2)3)10-14-8-6-5-7-9-14/h5-9,12,15-16H,4,10,13H2,1-3H3/p+1/t15-,16-/m1/s1. The van der Waals surface area contributed by atoms with Crippen molar-refractivity contribution in [2.75, 3.05) is 27.2 Å². The van der Waals surface area contributed by atoms with Crippen molar-refractivity contribution in [2.24, 2.45) is 10.9 Å². The van der Waals surface area contributed by atoms with Crippen LogP contribution in [-0.2, 0) is 16.0 Å². The van der Waals surface area contributed by atoms with Gasteiger partial charge in [0, 0.05) is 12.6 Å². The summed E-state index contributed by atoms with van der Waals surface area (Å²) in [4.78, 5) is 17.1. The Labute approximate surface area is 132 Å². The smallest absolute Gasteiger partial charge is 0.328 e. The van der Waals surface area contributed by atoms with Gasteiger partial charge in [0.15, 0.2) is 5.92 Å². The zero-order valence-electron chi connectivity index (χ0n) is 13.5. The molecule has 1 N–H and O–H groups in total. The number of quaternary nitrogens is 1. The Bertz CT molecular complexity index is 520. The lowest BCUT2D eigenvalue weighted by Crippen LogP contribution is -3.11. The second-order valence-electron chi connectivity index (χ2n) is 5.34. The SMILES string of the molecule is CCOC(=O)[C@H](C#N)C=NC[C@@H](Cc1ccccc1)[NH+](C)C. The van der Waals surface area contributed by atoms with Crippen molar-refractivity contribution in [3.05, 3.63) is 35.9 Å². The van der Waals surface area contributed by atoms with E-state index < -0.39 is 11.9 Å². The Morgan fingerprint density at radius 3 is 2.64 bits per heavy atom. The summed E-state index contributed by atoms with van der Waals surface area (Å²) in [7, 11) is 4.16. The summed E-state index contributed by atoms with van der Waals surface area (Å²) in [5.74, 6) is -1.46. The molecular weight excluding hydrogens is 278 g/mol. The summed E-state index contributed by atoms with van der Waals surface area (Å²) < 4.78 is 4.84. The number of ether oxygens (including phenoxy) is 1. The Balaban J connectivity index is 2.62. The molecule has 1 aromatic rings. The molecule has 0 spiro atoms. The first-order valence-electron chi connectivity index (χ1n) is 7.48. The maximum absolute atomic E-state index is 11.5. The fourth-order valence-corrected chi connectivity index (χ4v) is 2.02. The third-order valence-corrected chi connectivity index (χ3v) is 3.40. The molecule has 0 saturated heterocycles. The van der Waals surface area contributed by atoms with Crippen LogP contribution in [0.4, 0.5) is 0 Å². The molecule has 22 heavy (non-hydrogen) atoms. The molecule has 0 saturated carbocycles. The molecule has 5 nitrogen and oxygen atoms in total. The normalized spacial score (nSPS) is 13.8. The molecule has 0 aromatic heterocycles. The fraction of sp³-hybridized carbons (Fsp3) is 0.471. The summed E-state index contributed by atoms with van der Waals surface area (Å²) in [6.45, 7) is 2.55. The van der Waals surface area contributed by atoms with Crippen molar-refractivity contribution in [2.45, 2.75) is 19.4 Å². The number of hydrogen-bond acceptors (Lipinski definition) is 4. The minimum atomic E-state index is -0.922. The average molecular weight is 302 g/mol. The van der Waals surface area contributed by atoms with E-state index in [-0.39, 0.29) is 6.61 Å². The predicted molar refractivity (Wildman–Crippen MR) is 85.8 cm³/mol. The van der Waals surface area contributed by atoms with Crippen LogP contribution in [0.25, 0.3) is 0 Å². The Morgan fingerprint density at radius 1 is 1.41 bits per heavy atom. The van der Waals surface area contributed by atoms with Crippen LogP contribution in [0, 0.1) is 17.2 Å². The molecule has 0 fully saturated rings. The maximum atomic E-state index is 11.5. The lowest BCUT2D eigenvalue weighted by atomic mass is 10.1. The number of hydrogen-bond donors (Lipinski definition) is 1. The molecule has 1 aromatic carbocycles. The first-order chi connectivity index (χ1) is 10.6. The number of nitrogens with zero attached hydrogens (tertiary/aromatic N) is 2. The molecule has 0 bridgehead atoms. The third kappa shape index (κ3) is 6.06. The van der Waals surface area contributed by atoms with E-state index in [4.69, 9.17) is 10.00 Å². The Kier molecular flexibility index (Phi) is 7.87. The van der Waals surface area contributed by atoms with Crippen molar-refractivity contribution in [3.8, 4) is 6.07 Å². The number of benzene rings is 1. The highest BCUT2D eigenvalue weighted by Gasteiger charge is 2.18. The van der Waals surface area contributed by atoms with Crippen LogP contribution in [0.15, 0.2) is 35.3 Å². The van der Waals surface area contributed by atoms with Crippen LogP contribution in [0.3, 0.4) is 0 Å². The molecular formula is C17H24N3O2+. The molecule has 0 aliphatic rings. The zero-order chi connectivity index (χ0) is 16.4. The number of rotatable bonds is 8. The molecule has 5 heteroatoms. The van der Waals surface area contributed by atoms with E-state index in [9.17, 15) is 4.79 Å². The largest absolute Gasteiger partial charge is 0.465 e. The van der Waals surface area contributed by atoms with E-state index in [2.05, 4.69) is 31.2 Å². The van der Waals surface area contributed by atoms with Crippen LogP contribution in [-0.4, -0.2) is 45.5 Å². The van der Waals surface area contributed by atoms with E-state index in [0.29, 0.717) is 12.6 Å². The second kappa shape index (κ2) is 9.69. The molecule has 118 valence electrons. The number of nitriles is 1. The minimum absolute atomic E-state index is 0.267. The summed E-state index contributed by atoms with van der Waals surface area (Å²) >= 11 is 0. The van der Waals surface area contributed by atoms with Gasteiger partial charge >= 0.3 is 5.97 Å². The molecule has 0 amide bonds. The van der Waals surface area contributed by atoms with Crippen molar-refractivity contribution in [1.29, 1.82) is 5.26 Å². The van der Waals surface area contributed by atoms with Gasteiger partial charge in [-0.15, -0.1) is 0 Å². The van der Waals surface area contributed by atoms with Crippen molar-refractivity contribution < 1.29 is 14.4 Å². The van der Waals surface area contributed by atoms with E-state index >= 15 is 0 Å². The summed E-state index contributed by atoms with van der Waals surface area (Å²) in [5, 5.41) is 8.99. The number of aliphatic imine (C=N–C) groups is 1. The number of likely N-dealkylation sites (N-methyl/N-ethyl adjacent to an activating group) is 1. The third-order valence-electron chi connectivity index (χ3n) is 3.40. The zero-order valence-corrected chi connectivity index (χ0v) is 13.5. The number of esters is 1. The Hall–Kier alpha value is -2.19. The fourth-order valence-electron chi connectivity index (χ4n) is 2.02.